The lowest BCUT2D eigenvalue weighted by Crippen LogP contribution is -2.41. The van der Waals surface area contributed by atoms with Crippen LogP contribution in [0.15, 0.2) is 18.3 Å². The molecule has 0 fully saturated rings. The van der Waals surface area contributed by atoms with Crippen molar-refractivity contribution in [3.63, 3.8) is 0 Å². The average Bonchev–Trinajstić information content (AvgIpc) is 2.36. The number of aliphatic carboxylic acids is 1. The summed E-state index contributed by atoms with van der Waals surface area (Å²) in [5.74, 6) is -3.15. The molecule has 1 aromatic heterocycles. The fourth-order valence-corrected chi connectivity index (χ4v) is 1.43. The van der Waals surface area contributed by atoms with E-state index in [0.717, 1.165) is 18.3 Å². The molecule has 0 aliphatic carbocycles. The lowest BCUT2D eigenvalue weighted by molar-refractivity contribution is -0.142. The molecule has 0 aliphatic heterocycles. The van der Waals surface area contributed by atoms with Gasteiger partial charge in [-0.1, -0.05) is 0 Å². The first-order valence-electron chi connectivity index (χ1n) is 5.70. The van der Waals surface area contributed by atoms with Gasteiger partial charge in [0, 0.05) is 12.2 Å². The van der Waals surface area contributed by atoms with Crippen LogP contribution in [-0.4, -0.2) is 28.0 Å². The molecule has 0 saturated carbocycles. The van der Waals surface area contributed by atoms with E-state index in [2.05, 4.69) is 10.3 Å². The molecule has 0 saturated heterocycles. The molecular formula is C12H13F3N2O3. The Morgan fingerprint density at radius 2 is 1.95 bits per heavy atom. The van der Waals surface area contributed by atoms with Gasteiger partial charge in [-0.3, -0.25) is 14.6 Å². The number of rotatable bonds is 4. The van der Waals surface area contributed by atoms with Crippen LogP contribution in [-0.2, 0) is 11.0 Å². The van der Waals surface area contributed by atoms with Gasteiger partial charge in [-0.05, 0) is 26.0 Å². The first kappa shape index (κ1) is 15.9. The molecule has 8 heteroatoms. The van der Waals surface area contributed by atoms with E-state index in [9.17, 15) is 22.8 Å². The van der Waals surface area contributed by atoms with E-state index in [-0.39, 0.29) is 0 Å². The molecular weight excluding hydrogens is 277 g/mol. The zero-order valence-electron chi connectivity index (χ0n) is 10.7. The van der Waals surface area contributed by atoms with E-state index in [4.69, 9.17) is 5.11 Å². The second-order valence-corrected chi connectivity index (χ2v) is 4.29. The van der Waals surface area contributed by atoms with Gasteiger partial charge in [0.2, 0.25) is 0 Å². The number of pyridine rings is 1. The number of carbonyl (C=O) groups is 2. The first-order valence-corrected chi connectivity index (χ1v) is 5.70. The van der Waals surface area contributed by atoms with Gasteiger partial charge in [-0.2, -0.15) is 13.2 Å². The summed E-state index contributed by atoms with van der Waals surface area (Å²) in [7, 11) is 0. The maximum Gasteiger partial charge on any atom is 0.418 e. The quantitative estimate of drug-likeness (QED) is 0.888. The molecule has 0 radical (unpaired) electrons. The highest BCUT2D eigenvalue weighted by Crippen LogP contribution is 2.30. The Labute approximate surface area is 112 Å². The molecule has 0 aliphatic rings. The van der Waals surface area contributed by atoms with Gasteiger partial charge in [0.1, 0.15) is 5.69 Å². The summed E-state index contributed by atoms with van der Waals surface area (Å²) in [4.78, 5) is 25.9. The molecule has 1 aromatic rings. The molecule has 1 amide bonds. The summed E-state index contributed by atoms with van der Waals surface area (Å²) in [5.41, 5.74) is -1.93. The van der Waals surface area contributed by atoms with Gasteiger partial charge in [0.25, 0.3) is 5.91 Å². The van der Waals surface area contributed by atoms with Crippen LogP contribution in [0.25, 0.3) is 0 Å². The third kappa shape index (κ3) is 3.69. The summed E-state index contributed by atoms with van der Waals surface area (Å²) in [6.07, 6.45) is -3.64. The number of carboxylic acid groups (broad SMARTS) is 1. The molecule has 0 aromatic carbocycles. The molecule has 2 atom stereocenters. The summed E-state index contributed by atoms with van der Waals surface area (Å²) in [6, 6.07) is 0.985. The van der Waals surface area contributed by atoms with Crippen molar-refractivity contribution in [1.29, 1.82) is 0 Å². The molecule has 1 heterocycles. The summed E-state index contributed by atoms with van der Waals surface area (Å²) in [5, 5.41) is 11.0. The highest BCUT2D eigenvalue weighted by atomic mass is 19.4. The fraction of sp³-hybridized carbons (Fsp3) is 0.417. The molecule has 5 nitrogen and oxygen atoms in total. The zero-order valence-corrected chi connectivity index (χ0v) is 10.7. The van der Waals surface area contributed by atoms with Gasteiger partial charge in [-0.25, -0.2) is 0 Å². The van der Waals surface area contributed by atoms with Crippen LogP contribution < -0.4 is 5.32 Å². The van der Waals surface area contributed by atoms with Crippen molar-refractivity contribution < 1.29 is 27.9 Å². The Hall–Kier alpha value is -2.12. The van der Waals surface area contributed by atoms with Crippen molar-refractivity contribution in [3.05, 3.63) is 29.6 Å². The Bertz CT molecular complexity index is 517. The number of hydrogen-bond donors (Lipinski definition) is 2. The van der Waals surface area contributed by atoms with E-state index in [1.54, 1.807) is 0 Å². The Balaban J connectivity index is 2.97. The number of alkyl halides is 3. The van der Waals surface area contributed by atoms with E-state index in [1.165, 1.54) is 13.8 Å². The highest BCUT2D eigenvalue weighted by Gasteiger charge is 2.36. The Morgan fingerprint density at radius 1 is 1.35 bits per heavy atom. The molecule has 2 unspecified atom stereocenters. The standard InChI is InChI=1S/C12H13F3N2O3/c1-6(11(19)20)7(2)17-10(18)9-8(12(13,14)15)4-3-5-16-9/h3-7H,1-2H3,(H,17,18)(H,19,20). The van der Waals surface area contributed by atoms with Gasteiger partial charge >= 0.3 is 12.1 Å². The number of carbonyl (C=O) groups excluding carboxylic acids is 1. The van der Waals surface area contributed by atoms with Crippen LogP contribution in [0.2, 0.25) is 0 Å². The number of aromatic nitrogens is 1. The molecule has 0 spiro atoms. The maximum atomic E-state index is 12.7. The number of hydrogen-bond acceptors (Lipinski definition) is 3. The van der Waals surface area contributed by atoms with Crippen molar-refractivity contribution in [3.8, 4) is 0 Å². The zero-order chi connectivity index (χ0) is 15.5. The minimum absolute atomic E-state index is 0.743. The predicted molar refractivity (Wildman–Crippen MR) is 63.0 cm³/mol. The smallest absolute Gasteiger partial charge is 0.418 e. The molecule has 2 N–H and O–H groups in total. The Kier molecular flexibility index (Phi) is 4.69. The molecule has 20 heavy (non-hydrogen) atoms. The number of amides is 1. The fourth-order valence-electron chi connectivity index (χ4n) is 1.43. The van der Waals surface area contributed by atoms with Crippen molar-refractivity contribution in [2.45, 2.75) is 26.1 Å². The lowest BCUT2D eigenvalue weighted by Gasteiger charge is -2.18. The van der Waals surface area contributed by atoms with E-state index < -0.39 is 41.3 Å². The Morgan fingerprint density at radius 3 is 2.45 bits per heavy atom. The van der Waals surface area contributed by atoms with Crippen molar-refractivity contribution in [1.82, 2.24) is 10.3 Å². The van der Waals surface area contributed by atoms with E-state index >= 15 is 0 Å². The van der Waals surface area contributed by atoms with Crippen molar-refractivity contribution >= 4 is 11.9 Å². The molecule has 110 valence electrons. The second kappa shape index (κ2) is 5.89. The summed E-state index contributed by atoms with van der Waals surface area (Å²) in [6.45, 7) is 2.74. The lowest BCUT2D eigenvalue weighted by atomic mass is 10.0. The molecule has 0 bridgehead atoms. The van der Waals surface area contributed by atoms with E-state index in [0.29, 0.717) is 0 Å². The highest BCUT2D eigenvalue weighted by molar-refractivity contribution is 5.94. The van der Waals surface area contributed by atoms with Crippen LogP contribution in [0, 0.1) is 5.92 Å². The third-order valence-electron chi connectivity index (χ3n) is 2.83. The largest absolute Gasteiger partial charge is 0.481 e. The first-order chi connectivity index (χ1) is 9.14. The van der Waals surface area contributed by atoms with Gasteiger partial charge < -0.3 is 10.4 Å². The summed E-state index contributed by atoms with van der Waals surface area (Å²) < 4.78 is 38.2. The van der Waals surface area contributed by atoms with Crippen LogP contribution in [0.5, 0.6) is 0 Å². The minimum Gasteiger partial charge on any atom is -0.481 e. The van der Waals surface area contributed by atoms with Gasteiger partial charge in [0.15, 0.2) is 0 Å². The normalized spacial score (nSPS) is 14.4. The number of halogens is 3. The number of nitrogens with one attached hydrogen (secondary N) is 1. The van der Waals surface area contributed by atoms with Gasteiger partial charge in [0.05, 0.1) is 11.5 Å². The SMILES string of the molecule is CC(NC(=O)c1ncccc1C(F)(F)F)C(C)C(=O)O. The maximum absolute atomic E-state index is 12.7. The third-order valence-corrected chi connectivity index (χ3v) is 2.83. The van der Waals surface area contributed by atoms with Crippen molar-refractivity contribution in [2.24, 2.45) is 5.92 Å². The predicted octanol–water partition coefficient (Wildman–Crippen LogP) is 1.94. The van der Waals surface area contributed by atoms with Crippen LogP contribution in [0.4, 0.5) is 13.2 Å². The average molecular weight is 290 g/mol. The summed E-state index contributed by atoms with van der Waals surface area (Å²) >= 11 is 0. The van der Waals surface area contributed by atoms with Crippen LogP contribution in [0.1, 0.15) is 29.9 Å². The second-order valence-electron chi connectivity index (χ2n) is 4.29. The number of nitrogens with zero attached hydrogens (tertiary/aromatic N) is 1. The van der Waals surface area contributed by atoms with Crippen molar-refractivity contribution in [2.75, 3.05) is 0 Å². The van der Waals surface area contributed by atoms with E-state index in [1.807, 2.05) is 0 Å². The van der Waals surface area contributed by atoms with Gasteiger partial charge in [-0.15, -0.1) is 0 Å². The topological polar surface area (TPSA) is 79.3 Å². The van der Waals surface area contributed by atoms with Crippen LogP contribution >= 0.6 is 0 Å². The monoisotopic (exact) mass is 290 g/mol. The minimum atomic E-state index is -4.71. The molecule has 1 rings (SSSR count). The number of carboxylic acids is 1. The van der Waals surface area contributed by atoms with Crippen LogP contribution in [0.3, 0.4) is 0 Å².